The Morgan fingerprint density at radius 1 is 0.557 bits per heavy atom. The smallest absolute Gasteiger partial charge is 0.662 e. The maximum Gasteiger partial charge on any atom is 1.00 e. The molecule has 11 N–H and O–H groups in total. The van der Waals surface area contributed by atoms with E-state index in [-0.39, 0.29) is 198 Å². The summed E-state index contributed by atoms with van der Waals surface area (Å²) in [5, 5.41) is 31.8. The summed E-state index contributed by atoms with van der Waals surface area (Å²) in [6.45, 7) is 18.5. The maximum absolute atomic E-state index is 13.1. The van der Waals surface area contributed by atoms with E-state index in [1.807, 2.05) is 25.1 Å². The first kappa shape index (κ1) is 151. The van der Waals surface area contributed by atoms with E-state index >= 15 is 0 Å². The van der Waals surface area contributed by atoms with E-state index in [9.17, 15) is 66.7 Å². The number of aliphatic carboxylic acids is 1. The number of carbonyl (C=O) groups excluding carboxylic acids is 12. The molecule has 0 fully saturated rings. The van der Waals surface area contributed by atoms with Crippen LogP contribution in [0.1, 0.15) is 218 Å². The number of ether oxygens (including phenoxy) is 6. The van der Waals surface area contributed by atoms with Gasteiger partial charge in [0.2, 0.25) is 17.3 Å². The Kier molecular flexibility index (Phi) is 91.9. The first-order valence-electron chi connectivity index (χ1n) is 43.5. The van der Waals surface area contributed by atoms with Gasteiger partial charge in [0.25, 0.3) is 12.4 Å². The van der Waals surface area contributed by atoms with Crippen molar-refractivity contribution in [1.29, 1.82) is 0 Å². The summed E-state index contributed by atoms with van der Waals surface area (Å²) in [5.74, 6) is -7.06. The van der Waals surface area contributed by atoms with Crippen LogP contribution < -0.4 is 81.9 Å². The molecular weight excluding hydrogens is 2150 g/mol. The zero-order valence-electron chi connectivity index (χ0n) is 85.6. The number of ketones is 5. The van der Waals surface area contributed by atoms with Crippen LogP contribution >= 0.6 is 97.1 Å². The minimum Gasteiger partial charge on any atom is -0.662 e. The molecule has 0 radical (unpaired) electrons. The number of pyridine rings is 4. The van der Waals surface area contributed by atoms with Gasteiger partial charge in [0.15, 0.2) is 11.6 Å². The Labute approximate surface area is 952 Å². The zero-order chi connectivity index (χ0) is 112. The number of nitrogen functional groups attached to an aromatic ring is 3. The van der Waals surface area contributed by atoms with Crippen LogP contribution in [0, 0.1) is 25.7 Å². The second-order valence-electron chi connectivity index (χ2n) is 29.9. The van der Waals surface area contributed by atoms with Gasteiger partial charge in [0.05, 0.1) is 77.9 Å². The molecule has 0 bridgehead atoms. The summed E-state index contributed by atoms with van der Waals surface area (Å²) >= 11 is 41.9. The normalized spacial score (nSPS) is 10.2. The molecule has 35 nitrogen and oxygen atoms in total. The number of carboxylic acids is 2. The maximum atomic E-state index is 13.1. The number of aromatic carboxylic acids is 1. The van der Waals surface area contributed by atoms with E-state index in [2.05, 4.69) is 85.3 Å². The van der Waals surface area contributed by atoms with Crippen LogP contribution in [0.2, 0.25) is 25.1 Å². The van der Waals surface area contributed by atoms with E-state index in [0.717, 1.165) is 22.7 Å². The largest absolute Gasteiger partial charge is 1.00 e. The molecule has 149 heavy (non-hydrogen) atoms. The number of aromatic nitrogens is 4. The summed E-state index contributed by atoms with van der Waals surface area (Å²) in [7, 11) is 7.33. The molecule has 810 valence electrons. The Morgan fingerprint density at radius 3 is 1.18 bits per heavy atom. The van der Waals surface area contributed by atoms with E-state index in [1.165, 1.54) is 91.0 Å². The first-order chi connectivity index (χ1) is 68.8. The van der Waals surface area contributed by atoms with Gasteiger partial charge >= 0.3 is 90.3 Å². The number of halogens is 9. The second-order valence-corrected chi connectivity index (χ2v) is 33.7. The molecule has 4 heterocycles. The fourth-order valence-corrected chi connectivity index (χ4v) is 11.2. The number of amides is 2. The number of hydrogen-bond acceptors (Lipinski definition) is 31. The van der Waals surface area contributed by atoms with Gasteiger partial charge in [0, 0.05) is 137 Å². The van der Waals surface area contributed by atoms with Gasteiger partial charge in [-0.25, -0.2) is 19.6 Å². The Hall–Kier alpha value is -11.1. The summed E-state index contributed by atoms with van der Waals surface area (Å²) < 4.78 is 50.5. The van der Waals surface area contributed by atoms with E-state index in [0.29, 0.717) is 70.0 Å². The number of nitrogens with one attached hydrogen (secondary N) is 1. The third kappa shape index (κ3) is 72.1. The topological polar surface area (TPSA) is 547 Å². The average molecular weight is 2290 g/mol. The Morgan fingerprint density at radius 2 is 0.879 bits per heavy atom. The molecule has 0 aliphatic rings. The van der Waals surface area contributed by atoms with Crippen molar-refractivity contribution in [3.63, 3.8) is 0 Å². The first-order valence-corrected chi connectivity index (χ1v) is 46.1. The Balaban J connectivity index is -0.000000221. The number of rotatable bonds is 31. The zero-order valence-corrected chi connectivity index (χ0v) is 92.5. The number of terminal acetylenes is 1. The number of hydroxylamine groups is 2. The minimum atomic E-state index is -1.12. The van der Waals surface area contributed by atoms with Crippen LogP contribution in [0.15, 0.2) is 193 Å². The molecule has 2 amide bonds. The molecule has 0 aliphatic carbocycles. The molecule has 9 rings (SSSR count). The van der Waals surface area contributed by atoms with Crippen molar-refractivity contribution in [1.82, 2.24) is 30.3 Å². The molecule has 0 spiro atoms. The van der Waals surface area contributed by atoms with Crippen molar-refractivity contribution in [3.8, 4) is 12.8 Å². The standard InChI is InChI=1S/C24H27ClN2O6.C19H19ClN2O4.C12H9ClN2O.C12H20O6.C9H11ClN2O2.C7H6ClNO2.C5H4BrN.C4H9.C3H8O.C2H2.CH2Cl2.CH3F.CH2O3.3CH4.Li.Na/c1-24(2,3)33-23(31)27-18(10-11-21(29)32-4)20(28)13-15-8-9-16(25)14-17(15)22(30)19-7-5-6-12-26-19;1-26-18(24)8-7-15(21)17(23)10-12-5-6-13(20)11-14(12)19(25)16-4-2-3-9-22-16;13-8-4-5-10(14)9(7-8)12(16)11-3-1-2-6-15-11;1-12(2,3)18-10(14)7-8(11(15)16)5-6-9(13)17-4;1-12(14-2)9(13)7-5-6(10)3-4-8(7)11;8-4-1-2-6(9)5(3-4)7(10)11;6-5-3-1-2-4-7-5;2*1-3-4-2;1-2;2-1-3;1-2;2-1-4-3;;;;;/h5-9,12,14,18H,10-11,13H2,1-4H3,(H,27,31);2-6,9,11,15H,7-8,10,21H2,1H3;1-7H,14H2;8H,5-7H2,1-4H3,(H,15,16);3-5H,11H2,1-2H3;1-3H,9H2,(H,10,11);1-4H;1,3-4H2,2H3;3H2,1-2H3;1-2H;1H2;1H3;1,3H;3*1H4;;/q;;;;;;;-1;;;;;;;;;2*+1/p-1/t18-;15-;;8-;;;;;;;;;;;;;;/m00.1............../s1/i;;;;;;;;;1D;;1D;;;;;;. The molecule has 0 unspecified atom stereocenters. The average Bonchev–Trinajstić information content (AvgIpc) is 0.777. The number of unbranched alkanes of at least 4 members (excludes halogenated alkanes) is 1. The van der Waals surface area contributed by atoms with Gasteiger partial charge in [0.1, 0.15) is 34.3 Å². The van der Waals surface area contributed by atoms with Gasteiger partial charge in [-0.15, -0.1) is 36.0 Å². The third-order valence-electron chi connectivity index (χ3n) is 17.0. The number of carboxylic acid groups (broad SMARTS) is 2. The molecule has 0 saturated heterocycles. The third-order valence-corrected chi connectivity index (χ3v) is 18.7. The number of alkyl halides is 3. The van der Waals surface area contributed by atoms with Crippen molar-refractivity contribution in [2.75, 3.05) is 78.9 Å². The van der Waals surface area contributed by atoms with Crippen molar-refractivity contribution in [3.05, 3.63) is 281 Å². The molecular formula is C103H133BrCl7FLiN10NaO25. The summed E-state index contributed by atoms with van der Waals surface area (Å²) in [5.41, 5.74) is 25.2. The van der Waals surface area contributed by atoms with Gasteiger partial charge in [-0.1, -0.05) is 130 Å². The van der Waals surface area contributed by atoms with Crippen LogP contribution in [-0.4, -0.2) is 203 Å². The number of anilines is 3. The fraction of sp³-hybridized carbons (Fsp3) is 0.350. The summed E-state index contributed by atoms with van der Waals surface area (Å²) in [4.78, 5) is 186. The number of Topliss-reactive ketones (excluding diaryl/α,β-unsaturated/α-hetero) is 2. The number of esters is 4. The molecule has 3 atom stereocenters. The van der Waals surface area contributed by atoms with E-state index in [4.69, 9.17) is 141 Å². The monoisotopic (exact) mass is 2280 g/mol. The van der Waals surface area contributed by atoms with E-state index in [1.54, 1.807) is 176 Å². The predicted octanol–water partition coefficient (Wildman–Crippen LogP) is 14.1. The van der Waals surface area contributed by atoms with Gasteiger partial charge in [-0.2, -0.15) is 6.42 Å². The van der Waals surface area contributed by atoms with Crippen molar-refractivity contribution in [2.45, 2.75) is 172 Å². The summed E-state index contributed by atoms with van der Waals surface area (Å²) in [6, 6.07) is 42.2. The quantitative estimate of drug-likeness (QED) is 0.00172. The van der Waals surface area contributed by atoms with Gasteiger partial charge in [-0.05, 0) is 222 Å². The van der Waals surface area contributed by atoms with E-state index < -0.39 is 84.0 Å². The van der Waals surface area contributed by atoms with Crippen molar-refractivity contribution >= 4 is 197 Å². The molecule has 5 aromatic carbocycles. The predicted molar refractivity (Wildman–Crippen MR) is 574 cm³/mol. The molecule has 46 heteroatoms. The van der Waals surface area contributed by atoms with Crippen LogP contribution in [0.5, 0.6) is 0 Å². The van der Waals surface area contributed by atoms with Crippen LogP contribution in [0.3, 0.4) is 0 Å². The number of hydrogen-bond donors (Lipinski definition) is 7. The molecule has 9 aromatic rings. The molecule has 0 saturated carbocycles. The summed E-state index contributed by atoms with van der Waals surface area (Å²) in [6.07, 6.45) is 13.3. The number of nitrogens with zero attached hydrogens (tertiary/aromatic N) is 5. The molecule has 4 aromatic heterocycles. The fourth-order valence-electron chi connectivity index (χ4n) is 10.1. The van der Waals surface area contributed by atoms with Gasteiger partial charge in [-0.3, -0.25) is 81.7 Å². The SMILES string of the molecule is Brc1ccccn1.C.C.C.CCOC.COC(=O)CC[C@H](CC(=O)OC(C)(C)C)C(=O)O.COC(=O)CC[C@H](N)C(=O)Cc1ccc(Cl)cc1C(=O)c1ccccn1.COC(=O)CC[C@H](NC(=O)OC(C)(C)C)C(=O)Cc1ccc(Cl)cc1C(=O)c1ccccn1.CON(C)C(=O)c1cc(Cl)ccc1N.ClCCl.Nc1ccc(Cl)cc1C(=O)O.Nc1ccc(Cl)cc1C(=O)c1ccccn1.O=CO[O-].[2H]C#C.[2H]CF.[CH2-]CCC.[Li+].[Na+]. The van der Waals surface area contributed by atoms with Crippen molar-refractivity contribution in [2.24, 2.45) is 11.7 Å². The number of methoxy groups -OCH3 is 4. The number of benzene rings is 5. The Bertz CT molecular complexity index is 5510. The van der Waals surface area contributed by atoms with Crippen LogP contribution in [-0.2, 0) is 89.3 Å². The number of nitrogens with two attached hydrogens (primary N) is 4. The van der Waals surface area contributed by atoms with Crippen LogP contribution in [0.4, 0.5) is 26.2 Å². The van der Waals surface area contributed by atoms with Crippen molar-refractivity contribution < 1.29 is 176 Å². The van der Waals surface area contributed by atoms with Crippen LogP contribution in [0.25, 0.3) is 0 Å². The number of alkyl carbamates (subject to hydrolysis) is 1. The minimum absolute atomic E-state index is 0. The number of carbonyl (C=O) groups is 14. The second kappa shape index (κ2) is 90.8. The van der Waals surface area contributed by atoms with Gasteiger partial charge < -0.3 is 84.0 Å². The molecule has 0 aliphatic heterocycles.